The summed E-state index contributed by atoms with van der Waals surface area (Å²) < 4.78 is 13.2. The molecule has 4 rings (SSSR count). The molecule has 4 aromatic heterocycles. The van der Waals surface area contributed by atoms with E-state index in [0.29, 0.717) is 18.1 Å². The number of ketones is 1. The van der Waals surface area contributed by atoms with Gasteiger partial charge in [-0.15, -0.1) is 0 Å². The number of ether oxygens (including phenoxy) is 1. The van der Waals surface area contributed by atoms with Crippen LogP contribution in [0.1, 0.15) is 27.3 Å². The summed E-state index contributed by atoms with van der Waals surface area (Å²) in [6.45, 7) is 2.39. The summed E-state index contributed by atoms with van der Waals surface area (Å²) in [6, 6.07) is 1.93. The summed E-state index contributed by atoms with van der Waals surface area (Å²) in [5.74, 6) is -0.160. The molecule has 0 saturated carbocycles. The van der Waals surface area contributed by atoms with Gasteiger partial charge in [-0.1, -0.05) is 5.16 Å². The molecule has 0 aromatic carbocycles. The lowest BCUT2D eigenvalue weighted by Crippen LogP contribution is -2.31. The van der Waals surface area contributed by atoms with Gasteiger partial charge in [0.2, 0.25) is 11.7 Å². The number of aryl methyl sites for hydroxylation is 1. The fourth-order valence-corrected chi connectivity index (χ4v) is 3.77. The predicted octanol–water partition coefficient (Wildman–Crippen LogP) is 1.94. The van der Waals surface area contributed by atoms with Crippen molar-refractivity contribution >= 4 is 11.7 Å². The molecule has 0 aliphatic carbocycles. The zero-order valence-electron chi connectivity index (χ0n) is 19.6. The summed E-state index contributed by atoms with van der Waals surface area (Å²) in [5.41, 5.74) is 4.00. The van der Waals surface area contributed by atoms with Gasteiger partial charge in [0, 0.05) is 63.3 Å². The number of methoxy groups -OCH3 is 1. The molecule has 34 heavy (non-hydrogen) atoms. The van der Waals surface area contributed by atoms with Gasteiger partial charge in [0.15, 0.2) is 11.5 Å². The van der Waals surface area contributed by atoms with Gasteiger partial charge >= 0.3 is 0 Å². The van der Waals surface area contributed by atoms with Gasteiger partial charge < -0.3 is 14.2 Å². The molecule has 0 spiro atoms. The number of hydrogen-bond donors (Lipinski definition) is 0. The van der Waals surface area contributed by atoms with E-state index in [-0.39, 0.29) is 23.6 Å². The van der Waals surface area contributed by atoms with Crippen molar-refractivity contribution in [2.45, 2.75) is 19.9 Å². The molecule has 0 atom stereocenters. The number of carbonyl (C=O) groups is 1. The average molecular weight is 463 g/mol. The highest BCUT2D eigenvalue weighted by atomic mass is 16.5. The standard InChI is InChI=1S/C23H25N7O4/c1-14-18(11-25-30(14)4)17-6-7-24-10-16(17)12-28(2)23-27-20(21(33-5)22(32)29(23)3)19(31)8-15-9-26-34-13-15/h6-7,9-11,13H,8,12H2,1-5H3. The van der Waals surface area contributed by atoms with Crippen molar-refractivity contribution in [3.05, 3.63) is 70.0 Å². The number of anilines is 1. The second-order valence-corrected chi connectivity index (χ2v) is 7.95. The van der Waals surface area contributed by atoms with Gasteiger partial charge in [-0.2, -0.15) is 5.10 Å². The van der Waals surface area contributed by atoms with Gasteiger partial charge in [0.1, 0.15) is 6.26 Å². The lowest BCUT2D eigenvalue weighted by atomic mass is 10.0. The summed E-state index contributed by atoms with van der Waals surface area (Å²) in [7, 11) is 6.62. The molecule has 11 nitrogen and oxygen atoms in total. The van der Waals surface area contributed by atoms with Gasteiger partial charge in [-0.25, -0.2) is 4.98 Å². The fourth-order valence-electron chi connectivity index (χ4n) is 3.77. The Balaban J connectivity index is 1.71. The van der Waals surface area contributed by atoms with E-state index in [1.165, 1.54) is 24.1 Å². The Kier molecular flexibility index (Phi) is 6.26. The van der Waals surface area contributed by atoms with E-state index in [1.807, 2.05) is 30.9 Å². The van der Waals surface area contributed by atoms with Crippen LogP contribution in [0.4, 0.5) is 5.95 Å². The minimum Gasteiger partial charge on any atom is -0.489 e. The molecule has 4 aromatic rings. The average Bonchev–Trinajstić information content (AvgIpc) is 3.45. The molecule has 176 valence electrons. The van der Waals surface area contributed by atoms with Gasteiger partial charge in [-0.3, -0.25) is 23.8 Å². The van der Waals surface area contributed by atoms with E-state index in [4.69, 9.17) is 9.26 Å². The summed E-state index contributed by atoms with van der Waals surface area (Å²) in [5, 5.41) is 7.95. The Morgan fingerprint density at radius 3 is 2.65 bits per heavy atom. The minimum atomic E-state index is -0.456. The van der Waals surface area contributed by atoms with Crippen molar-refractivity contribution in [3.63, 3.8) is 0 Å². The molecule has 0 saturated heterocycles. The Morgan fingerprint density at radius 2 is 2.00 bits per heavy atom. The fraction of sp³-hybridized carbons (Fsp3) is 0.304. The maximum atomic E-state index is 13.0. The maximum Gasteiger partial charge on any atom is 0.297 e. The summed E-state index contributed by atoms with van der Waals surface area (Å²) in [6.07, 6.45) is 8.13. The molecule has 0 amide bonds. The number of rotatable bonds is 8. The second kappa shape index (κ2) is 9.30. The zero-order chi connectivity index (χ0) is 24.4. The summed E-state index contributed by atoms with van der Waals surface area (Å²) >= 11 is 0. The van der Waals surface area contributed by atoms with E-state index in [1.54, 1.807) is 31.4 Å². The van der Waals surface area contributed by atoms with Crippen LogP contribution in [0.5, 0.6) is 5.75 Å². The first-order valence-electron chi connectivity index (χ1n) is 10.5. The van der Waals surface area contributed by atoms with Gasteiger partial charge in [0.25, 0.3) is 5.56 Å². The van der Waals surface area contributed by atoms with Gasteiger partial charge in [0.05, 0.1) is 19.5 Å². The Labute approximate surface area is 195 Å². The molecule has 0 fully saturated rings. The lowest BCUT2D eigenvalue weighted by molar-refractivity contribution is 0.0984. The minimum absolute atomic E-state index is 0.0176. The number of Topliss-reactive ketones (excluding diaryl/α,β-unsaturated/α-hetero) is 1. The Morgan fingerprint density at radius 1 is 1.21 bits per heavy atom. The van der Waals surface area contributed by atoms with E-state index in [0.717, 1.165) is 22.4 Å². The second-order valence-electron chi connectivity index (χ2n) is 7.95. The molecule has 0 radical (unpaired) electrons. The molecule has 0 unspecified atom stereocenters. The normalized spacial score (nSPS) is 11.0. The zero-order valence-corrected chi connectivity index (χ0v) is 19.6. The predicted molar refractivity (Wildman–Crippen MR) is 124 cm³/mol. The van der Waals surface area contributed by atoms with Gasteiger partial charge in [-0.05, 0) is 24.1 Å². The quantitative estimate of drug-likeness (QED) is 0.361. The van der Waals surface area contributed by atoms with Crippen molar-refractivity contribution in [2.75, 3.05) is 19.1 Å². The van der Waals surface area contributed by atoms with Crippen LogP contribution in [0.3, 0.4) is 0 Å². The number of pyridine rings is 1. The third-order valence-corrected chi connectivity index (χ3v) is 5.72. The first-order chi connectivity index (χ1) is 16.3. The van der Waals surface area contributed by atoms with Crippen LogP contribution < -0.4 is 15.2 Å². The van der Waals surface area contributed by atoms with Crippen LogP contribution in [-0.4, -0.2) is 49.4 Å². The number of carbonyl (C=O) groups excluding carboxylic acids is 1. The number of hydrogen-bond acceptors (Lipinski definition) is 9. The van der Waals surface area contributed by atoms with Crippen LogP contribution in [0.25, 0.3) is 11.1 Å². The van der Waals surface area contributed by atoms with E-state index in [9.17, 15) is 9.59 Å². The molecule has 0 aliphatic rings. The third-order valence-electron chi connectivity index (χ3n) is 5.72. The van der Waals surface area contributed by atoms with Crippen molar-refractivity contribution in [2.24, 2.45) is 14.1 Å². The topological polar surface area (TPSA) is 121 Å². The third kappa shape index (κ3) is 4.19. The molecule has 11 heteroatoms. The van der Waals surface area contributed by atoms with Crippen LogP contribution in [-0.2, 0) is 27.1 Å². The van der Waals surface area contributed by atoms with Crippen LogP contribution in [0.2, 0.25) is 0 Å². The highest BCUT2D eigenvalue weighted by molar-refractivity contribution is 5.98. The van der Waals surface area contributed by atoms with E-state index < -0.39 is 5.56 Å². The molecule has 0 N–H and O–H groups in total. The van der Waals surface area contributed by atoms with Crippen molar-refractivity contribution in [1.29, 1.82) is 0 Å². The van der Waals surface area contributed by atoms with Crippen LogP contribution in [0.15, 0.2) is 46.4 Å². The maximum absolute atomic E-state index is 13.0. The Bertz CT molecular complexity index is 1390. The SMILES string of the molecule is COc1c(C(=O)Cc2cnoc2)nc(N(C)Cc2cnccc2-c2cnn(C)c2C)n(C)c1=O. The monoisotopic (exact) mass is 463 g/mol. The van der Waals surface area contributed by atoms with E-state index >= 15 is 0 Å². The largest absolute Gasteiger partial charge is 0.489 e. The van der Waals surface area contributed by atoms with Crippen LogP contribution in [0, 0.1) is 6.92 Å². The molecule has 0 bridgehead atoms. The van der Waals surface area contributed by atoms with Crippen molar-refractivity contribution in [1.82, 2.24) is 29.5 Å². The highest BCUT2D eigenvalue weighted by Gasteiger charge is 2.24. The van der Waals surface area contributed by atoms with Crippen molar-refractivity contribution < 1.29 is 14.1 Å². The number of aromatic nitrogens is 6. The number of nitrogens with zero attached hydrogens (tertiary/aromatic N) is 7. The first kappa shape index (κ1) is 22.9. The Hall–Kier alpha value is -4.28. The summed E-state index contributed by atoms with van der Waals surface area (Å²) in [4.78, 5) is 36.6. The smallest absolute Gasteiger partial charge is 0.297 e. The molecular formula is C23H25N7O4. The van der Waals surface area contributed by atoms with Crippen molar-refractivity contribution in [3.8, 4) is 16.9 Å². The molecular weight excluding hydrogens is 438 g/mol. The highest BCUT2D eigenvalue weighted by Crippen LogP contribution is 2.27. The first-order valence-corrected chi connectivity index (χ1v) is 10.5. The molecule has 0 aliphatic heterocycles. The molecule has 4 heterocycles. The lowest BCUT2D eigenvalue weighted by Gasteiger charge is -2.23. The van der Waals surface area contributed by atoms with Crippen LogP contribution >= 0.6 is 0 Å². The van der Waals surface area contributed by atoms with E-state index in [2.05, 4.69) is 20.2 Å².